The third-order valence-corrected chi connectivity index (χ3v) is 19.0. The standard InChI is InChI=1S/C84H129F2N9O28S/c1-62(90-74(98)18-23-110-28-31-114-36-38-117-41-42-119-45-46-121-49-50-123-52-51-122-48-47-120-44-43-118-40-39-116-34-33-112-26-25-108-6)80(103)91-63(2)81(104)92-71(56-73(87)97)82(105)89-19-10-21-94(79(84(3,4)5)72-54-65(69-55-67(85)13-14-70(69)86)58-93(72)57-64-11-8-7-9-12-64)78(102)61-124-60-66(83(106)107)53-68(96)17-22-109-27-30-113-35-37-115-32-29-111-24-20-88-75(99)59-95-76(100)15-16-77(95)101/h7-9,11-16,54-55,58,62-63,66,71,79H,10,17-53,56-57,59-61H2,1-6H3,(H2,87,97)(H,88,99)(H,89,105)(H,90,98)(H,91,103)(H,92,104)(H,106,107)/t62-,63+,66-,71-,79-/m0/s1. The number of thioether (sulfide) groups is 1. The van der Waals surface area contributed by atoms with Crippen LogP contribution < -0.4 is 32.3 Å². The van der Waals surface area contributed by atoms with Gasteiger partial charge in [-0.25, -0.2) is 8.78 Å². The van der Waals surface area contributed by atoms with Gasteiger partial charge in [-0.05, 0) is 55.5 Å². The molecule has 1 aliphatic rings. The van der Waals surface area contributed by atoms with Gasteiger partial charge in [-0.15, -0.1) is 0 Å². The third kappa shape index (κ3) is 48.9. The molecule has 0 spiro atoms. The van der Waals surface area contributed by atoms with E-state index in [4.69, 9.17) is 81.5 Å². The number of benzene rings is 2. The summed E-state index contributed by atoms with van der Waals surface area (Å²) >= 11 is 0.997. The zero-order chi connectivity index (χ0) is 90.4. The molecule has 5 atom stereocenters. The molecule has 0 saturated carbocycles. The number of methoxy groups -OCH3 is 1. The molecule has 8 N–H and O–H groups in total. The van der Waals surface area contributed by atoms with E-state index in [2.05, 4.69) is 26.6 Å². The summed E-state index contributed by atoms with van der Waals surface area (Å²) in [5.74, 6) is -10.6. The van der Waals surface area contributed by atoms with Crippen LogP contribution in [0.3, 0.4) is 0 Å². The number of carboxylic acids is 1. The molecular weight excluding hydrogens is 1650 g/mol. The summed E-state index contributed by atoms with van der Waals surface area (Å²) in [5, 5.41) is 23.1. The molecule has 4 rings (SSSR count). The second-order valence-electron chi connectivity index (χ2n) is 29.1. The lowest BCUT2D eigenvalue weighted by molar-refractivity contribution is -0.143. The van der Waals surface area contributed by atoms with Gasteiger partial charge in [-0.1, -0.05) is 51.1 Å². The van der Waals surface area contributed by atoms with Crippen LogP contribution in [0.4, 0.5) is 8.78 Å². The highest BCUT2D eigenvalue weighted by atomic mass is 32.2. The Kier molecular flexibility index (Phi) is 57.5. The van der Waals surface area contributed by atoms with Crippen LogP contribution in [0.25, 0.3) is 11.1 Å². The number of primary amides is 1. The molecule has 0 aliphatic carbocycles. The van der Waals surface area contributed by atoms with Gasteiger partial charge in [-0.3, -0.25) is 57.6 Å². The number of nitrogens with one attached hydrogen (secondary N) is 5. The van der Waals surface area contributed by atoms with Crippen molar-refractivity contribution in [3.8, 4) is 11.1 Å². The maximum atomic E-state index is 15.6. The molecule has 0 radical (unpaired) electrons. The first kappa shape index (κ1) is 108. The smallest absolute Gasteiger partial charge is 0.307 e. The molecule has 0 fully saturated rings. The molecule has 9 amide bonds. The normalized spacial score (nSPS) is 13.3. The number of aliphatic carboxylic acids is 1. The van der Waals surface area contributed by atoms with E-state index in [9.17, 15) is 57.4 Å². The number of nitrogens with two attached hydrogens (primary N) is 1. The number of imide groups is 1. The van der Waals surface area contributed by atoms with Gasteiger partial charge in [0.2, 0.25) is 41.4 Å². The van der Waals surface area contributed by atoms with E-state index in [0.29, 0.717) is 143 Å². The van der Waals surface area contributed by atoms with Gasteiger partial charge >= 0.3 is 5.97 Å². The predicted octanol–water partition coefficient (Wildman–Crippen LogP) is 2.38. The Balaban J connectivity index is 1.16. The molecule has 1 aliphatic heterocycles. The van der Waals surface area contributed by atoms with Crippen molar-refractivity contribution in [2.75, 3.05) is 250 Å². The van der Waals surface area contributed by atoms with Crippen LogP contribution in [0.15, 0.2) is 72.9 Å². The Hall–Kier alpha value is -8.40. The van der Waals surface area contributed by atoms with Crippen LogP contribution in [-0.4, -0.2) is 352 Å². The van der Waals surface area contributed by atoms with E-state index < -0.39 is 113 Å². The van der Waals surface area contributed by atoms with Crippen LogP contribution in [0.5, 0.6) is 0 Å². The number of carboxylic acid groups (broad SMARTS) is 1. The zero-order valence-corrected chi connectivity index (χ0v) is 73.1. The lowest BCUT2D eigenvalue weighted by atomic mass is 9.83. The summed E-state index contributed by atoms with van der Waals surface area (Å²) < 4.78 is 120. The number of hydrogen-bond donors (Lipinski definition) is 7. The zero-order valence-electron chi connectivity index (χ0n) is 72.3. The van der Waals surface area contributed by atoms with Gasteiger partial charge in [0.1, 0.15) is 42.1 Å². The maximum absolute atomic E-state index is 15.6. The number of halogens is 2. The van der Waals surface area contributed by atoms with Crippen LogP contribution in [0.1, 0.15) is 84.0 Å². The van der Waals surface area contributed by atoms with Crippen molar-refractivity contribution in [2.45, 2.75) is 97.4 Å². The highest BCUT2D eigenvalue weighted by molar-refractivity contribution is 7.99. The monoisotopic (exact) mass is 1780 g/mol. The lowest BCUT2D eigenvalue weighted by Crippen LogP contribution is -2.56. The van der Waals surface area contributed by atoms with E-state index in [1.807, 2.05) is 55.7 Å². The number of ketones is 1. The van der Waals surface area contributed by atoms with Crippen LogP contribution in [0.2, 0.25) is 0 Å². The lowest BCUT2D eigenvalue weighted by Gasteiger charge is -2.41. The average molecular weight is 1780 g/mol. The summed E-state index contributed by atoms with van der Waals surface area (Å²) in [6.45, 7) is 18.9. The van der Waals surface area contributed by atoms with E-state index in [1.165, 1.54) is 13.8 Å². The molecule has 40 heteroatoms. The van der Waals surface area contributed by atoms with Crippen LogP contribution >= 0.6 is 11.8 Å². The number of aromatic nitrogens is 1. The third-order valence-electron chi connectivity index (χ3n) is 17.9. The maximum Gasteiger partial charge on any atom is 0.307 e. The summed E-state index contributed by atoms with van der Waals surface area (Å²) in [7, 11) is 1.63. The van der Waals surface area contributed by atoms with Crippen molar-refractivity contribution in [2.24, 2.45) is 17.1 Å². The number of nitrogens with zero attached hydrogens (tertiary/aromatic N) is 3. The number of carbonyl (C=O) groups excluding carboxylic acids is 10. The van der Waals surface area contributed by atoms with E-state index >= 15 is 9.18 Å². The molecule has 2 heterocycles. The Morgan fingerprint density at radius 3 is 1.44 bits per heavy atom. The molecule has 2 aromatic carbocycles. The van der Waals surface area contributed by atoms with Crippen molar-refractivity contribution in [3.63, 3.8) is 0 Å². The highest BCUT2D eigenvalue weighted by Gasteiger charge is 2.38. The topological polar surface area (TPSA) is 453 Å². The van der Waals surface area contributed by atoms with Crippen molar-refractivity contribution in [3.05, 3.63) is 95.8 Å². The van der Waals surface area contributed by atoms with Gasteiger partial charge in [0, 0.05) is 93.5 Å². The van der Waals surface area contributed by atoms with Gasteiger partial charge in [0.25, 0.3) is 11.8 Å². The molecule has 0 saturated heterocycles. The number of amides is 9. The van der Waals surface area contributed by atoms with E-state index in [1.54, 1.807) is 24.3 Å². The van der Waals surface area contributed by atoms with Gasteiger partial charge in [-0.2, -0.15) is 11.8 Å². The van der Waals surface area contributed by atoms with Gasteiger partial charge in [0.05, 0.1) is 229 Å². The Labute approximate surface area is 728 Å². The molecular formula is C84H129F2N9O28S. The number of Topliss-reactive ketones (excluding diaryl/α,β-unsaturated/α-hetero) is 1. The Morgan fingerprint density at radius 2 is 0.976 bits per heavy atom. The minimum absolute atomic E-state index is 0.0105. The fourth-order valence-electron chi connectivity index (χ4n) is 11.7. The summed E-state index contributed by atoms with van der Waals surface area (Å²) in [6.07, 6.45) is 2.71. The number of hydrogen-bond acceptors (Lipinski definition) is 28. The molecule has 3 aromatic rings. The molecule has 37 nitrogen and oxygen atoms in total. The minimum Gasteiger partial charge on any atom is -0.481 e. The van der Waals surface area contributed by atoms with Crippen molar-refractivity contribution < 1.29 is 142 Å². The number of ether oxygens (including phenoxy) is 16. The first-order valence-electron chi connectivity index (χ1n) is 41.5. The van der Waals surface area contributed by atoms with Crippen LogP contribution in [0, 0.1) is 23.0 Å². The van der Waals surface area contributed by atoms with E-state index in [-0.39, 0.29) is 154 Å². The van der Waals surface area contributed by atoms with Gasteiger partial charge < -0.3 is 123 Å². The highest BCUT2D eigenvalue weighted by Crippen LogP contribution is 2.42. The van der Waals surface area contributed by atoms with Crippen molar-refractivity contribution >= 4 is 76.7 Å². The quantitative estimate of drug-likeness (QED) is 0.0315. The largest absolute Gasteiger partial charge is 0.481 e. The average Bonchev–Trinajstić information content (AvgIpc) is 1.64. The summed E-state index contributed by atoms with van der Waals surface area (Å²) in [4.78, 5) is 144. The fraction of sp³-hybridized carbons (Fsp3) is 0.655. The first-order valence-corrected chi connectivity index (χ1v) is 42.7. The van der Waals surface area contributed by atoms with E-state index in [0.717, 1.165) is 52.6 Å². The first-order chi connectivity index (χ1) is 59.8. The summed E-state index contributed by atoms with van der Waals surface area (Å²) in [5.41, 5.74) is 6.37. The predicted molar refractivity (Wildman–Crippen MR) is 448 cm³/mol. The number of rotatable bonds is 77. The molecule has 0 bridgehead atoms. The van der Waals surface area contributed by atoms with Crippen molar-refractivity contribution in [1.82, 2.24) is 41.0 Å². The molecule has 1 aromatic heterocycles. The summed E-state index contributed by atoms with van der Waals surface area (Å²) in [6, 6.07) is 9.30. The molecule has 0 unspecified atom stereocenters. The Morgan fingerprint density at radius 1 is 0.524 bits per heavy atom. The van der Waals surface area contributed by atoms with Crippen molar-refractivity contribution in [1.29, 1.82) is 0 Å². The second kappa shape index (κ2) is 66.1. The SMILES string of the molecule is COCCOCCOCCOCCOCCOCCOCCOCCOCCOCCOCCOCCC(=O)N[C@@H](C)C(=O)N[C@H](C)C(=O)N[C@@H](CC(N)=O)C(=O)NCCCN(C(=O)CSC[C@H](CC(=O)CCOCCOCCOCCOCCNC(=O)CN1C(=O)C=CC1=O)C(=O)O)[C@@H](c1cc(-c2cc(F)ccc2F)cn1Cc1ccccc1)C(C)(C)C. The number of carbonyl (C=O) groups is 11. The molecule has 124 heavy (non-hydrogen) atoms. The van der Waals surface area contributed by atoms with Crippen LogP contribution in [-0.2, 0) is 135 Å². The molecule has 698 valence electrons. The van der Waals surface area contributed by atoms with Gasteiger partial charge in [0.15, 0.2) is 0 Å². The Bertz CT molecular complexity index is 3610. The fourth-order valence-corrected chi connectivity index (χ4v) is 12.7. The minimum atomic E-state index is -1.53. The second-order valence-corrected chi connectivity index (χ2v) is 30.1.